The van der Waals surface area contributed by atoms with Crippen molar-refractivity contribution in [2.24, 2.45) is 0 Å². The topological polar surface area (TPSA) is 49.2 Å². The van der Waals surface area contributed by atoms with Gasteiger partial charge in [0.15, 0.2) is 0 Å². The molecule has 0 spiro atoms. The maximum absolute atomic E-state index is 9.53. The summed E-state index contributed by atoms with van der Waals surface area (Å²) in [6.07, 6.45) is 3.49. The van der Waals surface area contributed by atoms with Crippen LogP contribution in [0.4, 0.5) is 5.82 Å². The molecule has 2 rings (SSSR count). The van der Waals surface area contributed by atoms with E-state index in [9.17, 15) is 5.11 Å². The van der Waals surface area contributed by atoms with E-state index in [2.05, 4.69) is 14.9 Å². The molecule has 0 unspecified atom stereocenters. The fourth-order valence-electron chi connectivity index (χ4n) is 1.78. The average molecular weight is 193 g/mol. The summed E-state index contributed by atoms with van der Waals surface area (Å²) >= 11 is 0. The van der Waals surface area contributed by atoms with E-state index in [1.165, 1.54) is 0 Å². The van der Waals surface area contributed by atoms with Gasteiger partial charge in [-0.2, -0.15) is 0 Å². The minimum Gasteiger partial charge on any atom is -0.391 e. The normalized spacial score (nSPS) is 22.4. The first-order chi connectivity index (χ1) is 6.75. The van der Waals surface area contributed by atoms with Crippen LogP contribution in [0.5, 0.6) is 0 Å². The fraction of sp³-hybridized carbons (Fsp3) is 0.600. The van der Waals surface area contributed by atoms with Crippen molar-refractivity contribution in [3.8, 4) is 0 Å². The van der Waals surface area contributed by atoms with Crippen molar-refractivity contribution in [1.82, 2.24) is 9.97 Å². The van der Waals surface area contributed by atoms with Crippen LogP contribution in [0.2, 0.25) is 0 Å². The van der Waals surface area contributed by atoms with Crippen molar-refractivity contribution >= 4 is 5.82 Å². The van der Waals surface area contributed by atoms with E-state index >= 15 is 0 Å². The molecule has 0 aliphatic carbocycles. The second kappa shape index (κ2) is 3.92. The fourth-order valence-corrected chi connectivity index (χ4v) is 1.78. The van der Waals surface area contributed by atoms with Crippen LogP contribution in [-0.2, 0) is 0 Å². The van der Waals surface area contributed by atoms with E-state index in [0.29, 0.717) is 6.54 Å². The molecule has 0 radical (unpaired) electrons. The quantitative estimate of drug-likeness (QED) is 0.715. The monoisotopic (exact) mass is 193 g/mol. The van der Waals surface area contributed by atoms with Crippen LogP contribution in [0.15, 0.2) is 12.3 Å². The van der Waals surface area contributed by atoms with Crippen LogP contribution in [0.25, 0.3) is 0 Å². The summed E-state index contributed by atoms with van der Waals surface area (Å²) in [7, 11) is 0. The summed E-state index contributed by atoms with van der Waals surface area (Å²) in [6.45, 7) is 3.55. The zero-order valence-corrected chi connectivity index (χ0v) is 8.35. The zero-order valence-electron chi connectivity index (χ0n) is 8.35. The second-order valence-corrected chi connectivity index (χ2v) is 3.70. The molecule has 4 heteroatoms. The van der Waals surface area contributed by atoms with Crippen molar-refractivity contribution in [2.75, 3.05) is 18.0 Å². The van der Waals surface area contributed by atoms with Crippen LogP contribution in [0, 0.1) is 6.92 Å². The second-order valence-electron chi connectivity index (χ2n) is 3.70. The lowest BCUT2D eigenvalue weighted by Gasteiger charge is -2.30. The van der Waals surface area contributed by atoms with Crippen LogP contribution in [-0.4, -0.2) is 34.3 Å². The Kier molecular flexibility index (Phi) is 2.63. The minimum atomic E-state index is -0.209. The molecule has 0 saturated carbocycles. The van der Waals surface area contributed by atoms with Gasteiger partial charge in [0.2, 0.25) is 0 Å². The van der Waals surface area contributed by atoms with Gasteiger partial charge in [0.25, 0.3) is 0 Å². The highest BCUT2D eigenvalue weighted by molar-refractivity contribution is 5.37. The summed E-state index contributed by atoms with van der Waals surface area (Å²) in [5, 5.41) is 9.53. The number of anilines is 1. The maximum atomic E-state index is 9.53. The van der Waals surface area contributed by atoms with Gasteiger partial charge in [-0.1, -0.05) is 0 Å². The summed E-state index contributed by atoms with van der Waals surface area (Å²) < 4.78 is 0. The van der Waals surface area contributed by atoms with Crippen molar-refractivity contribution in [1.29, 1.82) is 0 Å². The van der Waals surface area contributed by atoms with Crippen molar-refractivity contribution < 1.29 is 5.11 Å². The van der Waals surface area contributed by atoms with Gasteiger partial charge >= 0.3 is 0 Å². The lowest BCUT2D eigenvalue weighted by Crippen LogP contribution is -2.38. The molecule has 1 aliphatic rings. The maximum Gasteiger partial charge on any atom is 0.132 e. The Morgan fingerprint density at radius 3 is 3.14 bits per heavy atom. The van der Waals surface area contributed by atoms with Gasteiger partial charge < -0.3 is 10.0 Å². The van der Waals surface area contributed by atoms with E-state index in [-0.39, 0.29) is 6.10 Å². The highest BCUT2D eigenvalue weighted by Gasteiger charge is 2.18. The van der Waals surface area contributed by atoms with Gasteiger partial charge in [0, 0.05) is 19.3 Å². The predicted molar refractivity (Wildman–Crippen MR) is 54.2 cm³/mol. The number of rotatable bonds is 1. The molecular formula is C10H15N3O. The van der Waals surface area contributed by atoms with E-state index in [0.717, 1.165) is 31.0 Å². The minimum absolute atomic E-state index is 0.209. The van der Waals surface area contributed by atoms with Crippen molar-refractivity contribution in [3.05, 3.63) is 18.1 Å². The molecule has 1 fully saturated rings. The summed E-state index contributed by atoms with van der Waals surface area (Å²) in [5.41, 5.74) is 0. The number of hydrogen-bond acceptors (Lipinski definition) is 4. The molecule has 1 aromatic rings. The van der Waals surface area contributed by atoms with Crippen LogP contribution in [0.3, 0.4) is 0 Å². The SMILES string of the molecule is Cc1nccc(N2CCC[C@H](O)C2)n1. The highest BCUT2D eigenvalue weighted by atomic mass is 16.3. The Morgan fingerprint density at radius 2 is 2.43 bits per heavy atom. The first-order valence-corrected chi connectivity index (χ1v) is 4.98. The number of β-amino-alcohol motifs (C(OH)–C–C–N with tert-alkyl or cyclic N) is 1. The number of piperidine rings is 1. The van der Waals surface area contributed by atoms with Gasteiger partial charge in [-0.25, -0.2) is 9.97 Å². The third-order valence-electron chi connectivity index (χ3n) is 2.48. The molecule has 0 bridgehead atoms. The number of aryl methyl sites for hydroxylation is 1. The third-order valence-corrected chi connectivity index (χ3v) is 2.48. The highest BCUT2D eigenvalue weighted by Crippen LogP contribution is 2.16. The molecular weight excluding hydrogens is 178 g/mol. The van der Waals surface area contributed by atoms with Crippen LogP contribution >= 0.6 is 0 Å². The summed E-state index contributed by atoms with van der Waals surface area (Å²) in [5.74, 6) is 1.71. The first-order valence-electron chi connectivity index (χ1n) is 4.98. The average Bonchev–Trinajstić information content (AvgIpc) is 2.18. The van der Waals surface area contributed by atoms with E-state index in [1.807, 2.05) is 13.0 Å². The van der Waals surface area contributed by atoms with Gasteiger partial charge in [0.1, 0.15) is 11.6 Å². The zero-order chi connectivity index (χ0) is 9.97. The van der Waals surface area contributed by atoms with Gasteiger partial charge in [-0.3, -0.25) is 0 Å². The Hall–Kier alpha value is -1.16. The van der Waals surface area contributed by atoms with Crippen LogP contribution < -0.4 is 4.90 Å². The lowest BCUT2D eigenvalue weighted by molar-refractivity contribution is 0.154. The Bertz CT molecular complexity index is 316. The molecule has 1 N–H and O–H groups in total. The molecule has 1 aromatic heterocycles. The largest absolute Gasteiger partial charge is 0.391 e. The van der Waals surface area contributed by atoms with Gasteiger partial charge in [-0.15, -0.1) is 0 Å². The van der Waals surface area contributed by atoms with Crippen LogP contribution in [0.1, 0.15) is 18.7 Å². The van der Waals surface area contributed by atoms with Gasteiger partial charge in [-0.05, 0) is 25.8 Å². The van der Waals surface area contributed by atoms with Gasteiger partial charge in [0.05, 0.1) is 6.10 Å². The number of aliphatic hydroxyl groups excluding tert-OH is 1. The Labute approximate surface area is 83.6 Å². The number of aromatic nitrogens is 2. The molecule has 1 aliphatic heterocycles. The molecule has 0 aromatic carbocycles. The molecule has 2 heterocycles. The standard InChI is InChI=1S/C10H15N3O/c1-8-11-5-4-10(12-8)13-6-2-3-9(14)7-13/h4-5,9,14H,2-3,6-7H2,1H3/t9-/m0/s1. The molecule has 1 saturated heterocycles. The molecule has 4 nitrogen and oxygen atoms in total. The smallest absolute Gasteiger partial charge is 0.132 e. The predicted octanol–water partition coefficient (Wildman–Crippen LogP) is 0.746. The summed E-state index contributed by atoms with van der Waals surface area (Å²) in [6, 6.07) is 1.89. The third kappa shape index (κ3) is 2.01. The first kappa shape index (κ1) is 9.40. The number of nitrogens with zero attached hydrogens (tertiary/aromatic N) is 3. The van der Waals surface area contributed by atoms with E-state index in [4.69, 9.17) is 0 Å². The van der Waals surface area contributed by atoms with E-state index in [1.54, 1.807) is 6.20 Å². The lowest BCUT2D eigenvalue weighted by atomic mass is 10.1. The number of hydrogen-bond donors (Lipinski definition) is 1. The van der Waals surface area contributed by atoms with Crippen molar-refractivity contribution in [3.63, 3.8) is 0 Å². The molecule has 76 valence electrons. The Morgan fingerprint density at radius 1 is 1.57 bits per heavy atom. The Balaban J connectivity index is 2.14. The summed E-state index contributed by atoms with van der Waals surface area (Å²) in [4.78, 5) is 10.5. The molecule has 0 amide bonds. The molecule has 1 atom stereocenters. The number of aliphatic hydroxyl groups is 1. The van der Waals surface area contributed by atoms with Crippen molar-refractivity contribution in [2.45, 2.75) is 25.9 Å². The van der Waals surface area contributed by atoms with E-state index < -0.39 is 0 Å². The molecule has 14 heavy (non-hydrogen) atoms.